The maximum atomic E-state index is 13.5. The Hall–Kier alpha value is -1.27. The number of halogens is 1. The molecule has 0 aromatic carbocycles. The van der Waals surface area contributed by atoms with Crippen LogP contribution in [0.3, 0.4) is 0 Å². The van der Waals surface area contributed by atoms with Crippen molar-refractivity contribution in [2.24, 2.45) is 0 Å². The van der Waals surface area contributed by atoms with Gasteiger partial charge in [-0.05, 0) is 27.7 Å². The van der Waals surface area contributed by atoms with Gasteiger partial charge in [-0.2, -0.15) is 0 Å². The fourth-order valence-corrected chi connectivity index (χ4v) is 1.74. The van der Waals surface area contributed by atoms with Crippen molar-refractivity contribution >= 4 is 18.9 Å². The molecule has 0 amide bonds. The summed E-state index contributed by atoms with van der Waals surface area (Å²) >= 11 is 0. The summed E-state index contributed by atoms with van der Waals surface area (Å²) < 4.78 is 25.0. The first-order valence-electron chi connectivity index (χ1n) is 5.73. The van der Waals surface area contributed by atoms with E-state index in [2.05, 4.69) is 4.98 Å². The van der Waals surface area contributed by atoms with Crippen LogP contribution < -0.4 is 5.46 Å². The molecule has 4 nitrogen and oxygen atoms in total. The summed E-state index contributed by atoms with van der Waals surface area (Å²) in [7, 11) is -0.779. The maximum absolute atomic E-state index is 13.5. The van der Waals surface area contributed by atoms with Crippen molar-refractivity contribution in [2.75, 3.05) is 0 Å². The van der Waals surface area contributed by atoms with E-state index >= 15 is 0 Å². The molecule has 0 saturated carbocycles. The number of carbonyl (C=O) groups is 1. The summed E-state index contributed by atoms with van der Waals surface area (Å²) in [4.78, 5) is 14.7. The molecule has 0 aliphatic carbocycles. The van der Waals surface area contributed by atoms with Gasteiger partial charge in [0.2, 0.25) is 0 Å². The van der Waals surface area contributed by atoms with Crippen molar-refractivity contribution in [3.8, 4) is 0 Å². The molecule has 1 aromatic rings. The van der Waals surface area contributed by atoms with Gasteiger partial charge in [0, 0.05) is 11.7 Å². The zero-order valence-electron chi connectivity index (χ0n) is 10.9. The molecule has 1 aromatic heterocycles. The van der Waals surface area contributed by atoms with Gasteiger partial charge in [0.15, 0.2) is 12.1 Å². The Morgan fingerprint density at radius 1 is 1.22 bits per heavy atom. The van der Waals surface area contributed by atoms with Crippen LogP contribution in [0.25, 0.3) is 0 Å². The van der Waals surface area contributed by atoms with Crippen molar-refractivity contribution in [1.29, 1.82) is 0 Å². The number of rotatable bonds is 2. The van der Waals surface area contributed by atoms with Crippen molar-refractivity contribution in [3.05, 3.63) is 23.8 Å². The molecule has 96 valence electrons. The first-order chi connectivity index (χ1) is 8.28. The minimum Gasteiger partial charge on any atom is -0.399 e. The van der Waals surface area contributed by atoms with Gasteiger partial charge >= 0.3 is 7.12 Å². The lowest BCUT2D eigenvalue weighted by molar-refractivity contribution is 0.00578. The number of hydrogen-bond donors (Lipinski definition) is 0. The Balaban J connectivity index is 2.41. The van der Waals surface area contributed by atoms with Crippen molar-refractivity contribution in [3.63, 3.8) is 0 Å². The summed E-state index contributed by atoms with van der Waals surface area (Å²) in [6.45, 7) is 7.56. The third kappa shape index (κ3) is 1.95. The standard InChI is InChI=1S/C12H15BFNO3/c1-11(2)12(3,4)18-13(17-11)9-5-15-6-10(14)8(9)7-16/h5-7H,1-4H3. The number of pyridine rings is 1. The second-order valence-corrected chi connectivity index (χ2v) is 5.33. The van der Waals surface area contributed by atoms with Gasteiger partial charge in [-0.3, -0.25) is 9.78 Å². The van der Waals surface area contributed by atoms with Gasteiger partial charge in [-0.15, -0.1) is 0 Å². The second kappa shape index (κ2) is 4.14. The molecule has 0 N–H and O–H groups in total. The SMILES string of the molecule is CC1(C)OB(c2cncc(F)c2C=O)OC1(C)C. The average molecular weight is 251 g/mol. The molecular weight excluding hydrogens is 236 g/mol. The second-order valence-electron chi connectivity index (χ2n) is 5.33. The smallest absolute Gasteiger partial charge is 0.399 e. The number of carbonyl (C=O) groups excluding carboxylic acids is 1. The van der Waals surface area contributed by atoms with Crippen molar-refractivity contribution in [2.45, 2.75) is 38.9 Å². The van der Waals surface area contributed by atoms with Gasteiger partial charge in [0.05, 0.1) is 23.0 Å². The molecule has 1 saturated heterocycles. The van der Waals surface area contributed by atoms with Gasteiger partial charge in [-0.1, -0.05) is 0 Å². The molecular formula is C12H15BFNO3. The van der Waals surface area contributed by atoms with Crippen LogP contribution in [0.1, 0.15) is 38.1 Å². The van der Waals surface area contributed by atoms with Gasteiger partial charge in [-0.25, -0.2) is 4.39 Å². The molecule has 0 unspecified atom stereocenters. The van der Waals surface area contributed by atoms with Crippen LogP contribution in [-0.2, 0) is 9.31 Å². The van der Waals surface area contributed by atoms with E-state index in [0.717, 1.165) is 6.20 Å². The first-order valence-corrected chi connectivity index (χ1v) is 5.73. The lowest BCUT2D eigenvalue weighted by Gasteiger charge is -2.32. The Kier molecular flexibility index (Phi) is 3.03. The van der Waals surface area contributed by atoms with E-state index < -0.39 is 24.1 Å². The van der Waals surface area contributed by atoms with E-state index in [1.807, 2.05) is 27.7 Å². The normalized spacial score (nSPS) is 21.1. The predicted molar refractivity (Wildman–Crippen MR) is 65.3 cm³/mol. The third-order valence-electron chi connectivity index (χ3n) is 3.59. The third-order valence-corrected chi connectivity index (χ3v) is 3.59. The van der Waals surface area contributed by atoms with Crippen LogP contribution in [0.5, 0.6) is 0 Å². The predicted octanol–water partition coefficient (Wildman–Crippen LogP) is 1.33. The monoisotopic (exact) mass is 251 g/mol. The van der Waals surface area contributed by atoms with Crippen LogP contribution in [-0.4, -0.2) is 29.6 Å². The molecule has 0 atom stereocenters. The number of hydrogen-bond acceptors (Lipinski definition) is 4. The largest absolute Gasteiger partial charge is 0.497 e. The molecule has 18 heavy (non-hydrogen) atoms. The van der Waals surface area contributed by atoms with Crippen LogP contribution in [0.2, 0.25) is 0 Å². The highest BCUT2D eigenvalue weighted by molar-refractivity contribution is 6.63. The first kappa shape index (κ1) is 13.2. The molecule has 1 fully saturated rings. The quantitative estimate of drug-likeness (QED) is 0.587. The minimum absolute atomic E-state index is 0.0662. The summed E-state index contributed by atoms with van der Waals surface area (Å²) in [5.41, 5.74) is -0.819. The fraction of sp³-hybridized carbons (Fsp3) is 0.500. The zero-order chi connectivity index (χ0) is 13.6. The fourth-order valence-electron chi connectivity index (χ4n) is 1.74. The summed E-state index contributed by atoms with van der Waals surface area (Å²) in [5, 5.41) is 0. The zero-order valence-corrected chi connectivity index (χ0v) is 10.9. The highest BCUT2D eigenvalue weighted by Crippen LogP contribution is 2.36. The lowest BCUT2D eigenvalue weighted by atomic mass is 9.77. The van der Waals surface area contributed by atoms with E-state index in [4.69, 9.17) is 9.31 Å². The Labute approximate surface area is 106 Å². The van der Waals surface area contributed by atoms with E-state index in [0.29, 0.717) is 11.7 Å². The van der Waals surface area contributed by atoms with E-state index in [1.165, 1.54) is 6.20 Å². The maximum Gasteiger partial charge on any atom is 0.497 e. The molecule has 0 radical (unpaired) electrons. The van der Waals surface area contributed by atoms with Gasteiger partial charge in [0.1, 0.15) is 0 Å². The molecule has 0 bridgehead atoms. The highest BCUT2D eigenvalue weighted by atomic mass is 19.1. The summed E-state index contributed by atoms with van der Waals surface area (Å²) in [6, 6.07) is 0. The molecule has 2 heterocycles. The van der Waals surface area contributed by atoms with Gasteiger partial charge in [0.25, 0.3) is 0 Å². The van der Waals surface area contributed by atoms with Crippen LogP contribution in [0.4, 0.5) is 4.39 Å². The number of aldehydes is 1. The molecule has 1 aliphatic rings. The molecule has 1 aliphatic heterocycles. The summed E-state index contributed by atoms with van der Waals surface area (Å²) in [6.07, 6.45) is 2.85. The molecule has 6 heteroatoms. The van der Waals surface area contributed by atoms with Gasteiger partial charge < -0.3 is 9.31 Å². The Morgan fingerprint density at radius 2 is 1.78 bits per heavy atom. The van der Waals surface area contributed by atoms with Crippen molar-refractivity contribution in [1.82, 2.24) is 4.98 Å². The van der Waals surface area contributed by atoms with E-state index in [-0.39, 0.29) is 5.56 Å². The van der Waals surface area contributed by atoms with Crippen LogP contribution in [0.15, 0.2) is 12.4 Å². The van der Waals surface area contributed by atoms with Crippen molar-refractivity contribution < 1.29 is 18.5 Å². The molecule has 2 rings (SSSR count). The highest BCUT2D eigenvalue weighted by Gasteiger charge is 2.52. The number of aromatic nitrogens is 1. The Morgan fingerprint density at radius 3 is 2.28 bits per heavy atom. The molecule has 0 spiro atoms. The van der Waals surface area contributed by atoms with Crippen LogP contribution in [0, 0.1) is 5.82 Å². The van der Waals surface area contributed by atoms with Crippen LogP contribution >= 0.6 is 0 Å². The van der Waals surface area contributed by atoms with E-state index in [1.54, 1.807) is 0 Å². The minimum atomic E-state index is -0.779. The average Bonchev–Trinajstić information content (AvgIpc) is 2.47. The lowest BCUT2D eigenvalue weighted by Crippen LogP contribution is -2.41. The topological polar surface area (TPSA) is 48.4 Å². The van der Waals surface area contributed by atoms with E-state index in [9.17, 15) is 9.18 Å². The summed E-state index contributed by atoms with van der Waals surface area (Å²) in [5.74, 6) is -0.669. The Bertz CT molecular complexity index is 474. The number of nitrogens with zero attached hydrogens (tertiary/aromatic N) is 1.